The molecular weight excluding hydrogens is 366 g/mol. The summed E-state index contributed by atoms with van der Waals surface area (Å²) >= 11 is 0. The molecule has 1 aliphatic carbocycles. The Bertz CT molecular complexity index is 757. The zero-order valence-electron chi connectivity index (χ0n) is 17.7. The first-order valence-corrected chi connectivity index (χ1v) is 11.2. The van der Waals surface area contributed by atoms with E-state index in [9.17, 15) is 9.59 Å². The van der Waals surface area contributed by atoms with Crippen LogP contribution in [0.1, 0.15) is 81.4 Å². The lowest BCUT2D eigenvalue weighted by atomic mass is 9.87. The first kappa shape index (κ1) is 20.1. The minimum Gasteiger partial charge on any atom is -0.373 e. The number of nitrogens with zero attached hydrogens (tertiary/aromatic N) is 4. The minimum atomic E-state index is -0.0265. The largest absolute Gasteiger partial charge is 0.373 e. The van der Waals surface area contributed by atoms with Crippen LogP contribution in [0.15, 0.2) is 0 Å². The number of aromatic nitrogens is 2. The van der Waals surface area contributed by atoms with Crippen LogP contribution in [0.4, 0.5) is 5.82 Å². The maximum absolute atomic E-state index is 13.3. The molecule has 2 aliphatic heterocycles. The molecule has 1 atom stereocenters. The van der Waals surface area contributed by atoms with Gasteiger partial charge in [-0.3, -0.25) is 9.59 Å². The first-order chi connectivity index (χ1) is 14.1. The third-order valence-electron chi connectivity index (χ3n) is 6.80. The fourth-order valence-corrected chi connectivity index (χ4v) is 5.11. The molecule has 2 amide bonds. The zero-order valence-corrected chi connectivity index (χ0v) is 17.7. The highest BCUT2D eigenvalue weighted by atomic mass is 16.2. The van der Waals surface area contributed by atoms with Crippen LogP contribution in [-0.4, -0.2) is 51.7 Å². The van der Waals surface area contributed by atoms with Gasteiger partial charge >= 0.3 is 0 Å². The average molecular weight is 400 g/mol. The Morgan fingerprint density at radius 1 is 1.00 bits per heavy atom. The molecule has 0 spiro atoms. The monoisotopic (exact) mass is 399 g/mol. The summed E-state index contributed by atoms with van der Waals surface area (Å²) < 4.78 is 0. The Morgan fingerprint density at radius 3 is 2.48 bits per heavy atom. The smallest absolute Gasteiger partial charge is 0.226 e. The lowest BCUT2D eigenvalue weighted by molar-refractivity contribution is -0.140. The number of anilines is 1. The van der Waals surface area contributed by atoms with Gasteiger partial charge in [-0.05, 0) is 32.1 Å². The van der Waals surface area contributed by atoms with Crippen LogP contribution in [0.3, 0.4) is 0 Å². The van der Waals surface area contributed by atoms with E-state index in [0.717, 1.165) is 68.0 Å². The number of piperidine rings is 1. The van der Waals surface area contributed by atoms with Crippen LogP contribution >= 0.6 is 0 Å². The highest BCUT2D eigenvalue weighted by Gasteiger charge is 2.35. The highest BCUT2D eigenvalue weighted by Crippen LogP contribution is 2.35. The first-order valence-electron chi connectivity index (χ1n) is 11.2. The van der Waals surface area contributed by atoms with E-state index in [1.807, 2.05) is 11.9 Å². The summed E-state index contributed by atoms with van der Waals surface area (Å²) in [7, 11) is 1.87. The van der Waals surface area contributed by atoms with Gasteiger partial charge in [-0.2, -0.15) is 0 Å². The third-order valence-corrected chi connectivity index (χ3v) is 6.80. The molecule has 1 N–H and O–H groups in total. The maximum atomic E-state index is 13.3. The molecule has 7 nitrogen and oxygen atoms in total. The van der Waals surface area contributed by atoms with Crippen molar-refractivity contribution in [1.82, 2.24) is 19.8 Å². The molecule has 158 valence electrons. The van der Waals surface area contributed by atoms with Gasteiger partial charge < -0.3 is 15.1 Å². The fourth-order valence-electron chi connectivity index (χ4n) is 5.11. The van der Waals surface area contributed by atoms with Gasteiger partial charge in [0, 0.05) is 45.0 Å². The number of hydrogen-bond donors (Lipinski definition) is 1. The molecule has 0 radical (unpaired) electrons. The SMILES string of the molecule is CNc1nc(C2CCCCN2C(=O)C2CCCCC2)nc2c1CN(C(C)=O)CC2. The van der Waals surface area contributed by atoms with Gasteiger partial charge in [0.05, 0.1) is 18.3 Å². The van der Waals surface area contributed by atoms with Gasteiger partial charge in [-0.25, -0.2) is 9.97 Å². The molecule has 1 saturated heterocycles. The number of fused-ring (bicyclic) bond motifs is 1. The van der Waals surface area contributed by atoms with E-state index in [0.29, 0.717) is 19.0 Å². The van der Waals surface area contributed by atoms with E-state index < -0.39 is 0 Å². The summed E-state index contributed by atoms with van der Waals surface area (Å²) in [6.45, 7) is 3.66. The molecule has 0 bridgehead atoms. The summed E-state index contributed by atoms with van der Waals surface area (Å²) in [6, 6.07) is -0.0265. The predicted octanol–water partition coefficient (Wildman–Crippen LogP) is 3.06. The van der Waals surface area contributed by atoms with Gasteiger partial charge in [0.1, 0.15) is 5.82 Å². The summed E-state index contributed by atoms with van der Waals surface area (Å²) in [5.74, 6) is 2.14. The summed E-state index contributed by atoms with van der Waals surface area (Å²) in [5.41, 5.74) is 2.03. The second-order valence-corrected chi connectivity index (χ2v) is 8.67. The second-order valence-electron chi connectivity index (χ2n) is 8.67. The summed E-state index contributed by atoms with van der Waals surface area (Å²) in [6.07, 6.45) is 9.47. The fraction of sp³-hybridized carbons (Fsp3) is 0.727. The quantitative estimate of drug-likeness (QED) is 0.845. The number of amides is 2. The van der Waals surface area contributed by atoms with Gasteiger partial charge in [-0.15, -0.1) is 0 Å². The Kier molecular flexibility index (Phi) is 6.01. The Balaban J connectivity index is 1.62. The minimum absolute atomic E-state index is 0.0265. The van der Waals surface area contributed by atoms with E-state index in [1.165, 1.54) is 19.3 Å². The molecule has 3 aliphatic rings. The Hall–Kier alpha value is -2.18. The van der Waals surface area contributed by atoms with Gasteiger partial charge in [0.15, 0.2) is 5.82 Å². The highest BCUT2D eigenvalue weighted by molar-refractivity contribution is 5.79. The molecule has 3 heterocycles. The molecule has 2 fully saturated rings. The number of carbonyl (C=O) groups is 2. The molecule has 1 aromatic rings. The van der Waals surface area contributed by atoms with Crippen LogP contribution in [0.25, 0.3) is 0 Å². The van der Waals surface area contributed by atoms with E-state index in [-0.39, 0.29) is 17.9 Å². The van der Waals surface area contributed by atoms with Crippen molar-refractivity contribution in [2.24, 2.45) is 5.92 Å². The van der Waals surface area contributed by atoms with Crippen molar-refractivity contribution in [2.45, 2.75) is 77.3 Å². The molecule has 1 saturated carbocycles. The van der Waals surface area contributed by atoms with E-state index >= 15 is 0 Å². The zero-order chi connectivity index (χ0) is 20.4. The van der Waals surface area contributed by atoms with Crippen molar-refractivity contribution >= 4 is 17.6 Å². The van der Waals surface area contributed by atoms with Crippen LogP contribution in [0.2, 0.25) is 0 Å². The van der Waals surface area contributed by atoms with Crippen molar-refractivity contribution in [3.05, 3.63) is 17.1 Å². The Labute approximate surface area is 173 Å². The molecule has 4 rings (SSSR count). The summed E-state index contributed by atoms with van der Waals surface area (Å²) in [5, 5.41) is 3.21. The van der Waals surface area contributed by atoms with Gasteiger partial charge in [-0.1, -0.05) is 19.3 Å². The van der Waals surface area contributed by atoms with E-state index in [4.69, 9.17) is 9.97 Å². The normalized spacial score (nSPS) is 22.9. The van der Waals surface area contributed by atoms with Gasteiger partial charge in [0.2, 0.25) is 11.8 Å². The molecule has 7 heteroatoms. The van der Waals surface area contributed by atoms with Gasteiger partial charge in [0.25, 0.3) is 0 Å². The van der Waals surface area contributed by atoms with Crippen molar-refractivity contribution in [1.29, 1.82) is 0 Å². The maximum Gasteiger partial charge on any atom is 0.226 e. The van der Waals surface area contributed by atoms with E-state index in [2.05, 4.69) is 10.2 Å². The number of rotatable bonds is 3. The van der Waals surface area contributed by atoms with E-state index in [1.54, 1.807) is 6.92 Å². The van der Waals surface area contributed by atoms with Crippen LogP contribution in [0.5, 0.6) is 0 Å². The molecule has 1 aromatic heterocycles. The summed E-state index contributed by atoms with van der Waals surface area (Å²) in [4.78, 5) is 38.8. The number of carbonyl (C=O) groups excluding carboxylic acids is 2. The number of hydrogen-bond acceptors (Lipinski definition) is 5. The average Bonchev–Trinajstić information content (AvgIpc) is 2.78. The molecular formula is C22H33N5O2. The third kappa shape index (κ3) is 4.09. The van der Waals surface area contributed by atoms with Crippen molar-refractivity contribution < 1.29 is 9.59 Å². The predicted molar refractivity (Wildman–Crippen MR) is 111 cm³/mol. The number of likely N-dealkylation sites (tertiary alicyclic amines) is 1. The second kappa shape index (κ2) is 8.67. The van der Waals surface area contributed by atoms with Crippen molar-refractivity contribution in [2.75, 3.05) is 25.5 Å². The van der Waals surface area contributed by atoms with Crippen molar-refractivity contribution in [3.8, 4) is 0 Å². The number of nitrogens with one attached hydrogen (secondary N) is 1. The lowest BCUT2D eigenvalue weighted by Gasteiger charge is -2.38. The van der Waals surface area contributed by atoms with Crippen LogP contribution in [-0.2, 0) is 22.6 Å². The molecule has 1 unspecified atom stereocenters. The molecule has 29 heavy (non-hydrogen) atoms. The van der Waals surface area contributed by atoms with Crippen LogP contribution in [0, 0.1) is 5.92 Å². The lowest BCUT2D eigenvalue weighted by Crippen LogP contribution is -2.43. The topological polar surface area (TPSA) is 78.4 Å². The molecule has 0 aromatic carbocycles. The van der Waals surface area contributed by atoms with Crippen molar-refractivity contribution in [3.63, 3.8) is 0 Å². The van der Waals surface area contributed by atoms with Crippen LogP contribution < -0.4 is 5.32 Å². The Morgan fingerprint density at radius 2 is 1.76 bits per heavy atom. The standard InChI is InChI=1S/C22H33N5O2/c1-15(28)26-13-11-18-17(14-26)20(23-2)25-21(24-18)19-10-6-7-12-27(19)22(29)16-8-4-3-5-9-16/h16,19H,3-14H2,1-2H3,(H,23,24,25).